The van der Waals surface area contributed by atoms with E-state index in [1.807, 2.05) is 12.1 Å². The number of hydrogen-bond donors (Lipinski definition) is 2. The monoisotopic (exact) mass is 220 g/mol. The number of benzene rings is 1. The van der Waals surface area contributed by atoms with Crippen LogP contribution in [0.25, 0.3) is 0 Å². The van der Waals surface area contributed by atoms with Gasteiger partial charge >= 0.3 is 0 Å². The highest BCUT2D eigenvalue weighted by Crippen LogP contribution is 2.22. The number of nitrogen functional groups attached to an aromatic ring is 1. The van der Waals surface area contributed by atoms with Gasteiger partial charge in [-0.3, -0.25) is 0 Å². The van der Waals surface area contributed by atoms with Gasteiger partial charge in [0.15, 0.2) is 0 Å². The van der Waals surface area contributed by atoms with Crippen molar-refractivity contribution in [1.82, 2.24) is 0 Å². The molecule has 0 aromatic heterocycles. The minimum Gasteiger partial charge on any atom is -0.399 e. The highest BCUT2D eigenvalue weighted by atomic mass is 14.9. The molecule has 0 spiro atoms. The zero-order valence-corrected chi connectivity index (χ0v) is 10.9. The van der Waals surface area contributed by atoms with E-state index in [9.17, 15) is 0 Å². The molecule has 90 valence electrons. The largest absolute Gasteiger partial charge is 0.399 e. The Morgan fingerprint density at radius 2 is 1.88 bits per heavy atom. The normalized spacial score (nSPS) is 12.8. The third kappa shape index (κ3) is 3.16. The van der Waals surface area contributed by atoms with Crippen LogP contribution >= 0.6 is 0 Å². The first-order chi connectivity index (χ1) is 7.58. The quantitative estimate of drug-likeness (QED) is 0.740. The number of rotatable bonds is 5. The topological polar surface area (TPSA) is 38.0 Å². The molecule has 0 bridgehead atoms. The van der Waals surface area contributed by atoms with Crippen molar-refractivity contribution >= 4 is 11.4 Å². The molecule has 1 atom stereocenters. The van der Waals surface area contributed by atoms with E-state index >= 15 is 0 Å². The van der Waals surface area contributed by atoms with Crippen LogP contribution < -0.4 is 11.1 Å². The second kappa shape index (κ2) is 5.78. The van der Waals surface area contributed by atoms with Crippen molar-refractivity contribution in [1.29, 1.82) is 0 Å². The lowest BCUT2D eigenvalue weighted by molar-refractivity contribution is 0.438. The van der Waals surface area contributed by atoms with Crippen molar-refractivity contribution in [3.8, 4) is 0 Å². The first kappa shape index (κ1) is 12.9. The number of nitrogens with one attached hydrogen (secondary N) is 1. The van der Waals surface area contributed by atoms with Crippen LogP contribution in [0.15, 0.2) is 18.2 Å². The van der Waals surface area contributed by atoms with E-state index in [-0.39, 0.29) is 0 Å². The maximum atomic E-state index is 5.74. The van der Waals surface area contributed by atoms with Crippen molar-refractivity contribution in [2.24, 2.45) is 5.92 Å². The summed E-state index contributed by atoms with van der Waals surface area (Å²) in [4.78, 5) is 0. The number of nitrogens with two attached hydrogens (primary N) is 1. The minimum atomic E-state index is 0.511. The zero-order valence-electron chi connectivity index (χ0n) is 10.9. The van der Waals surface area contributed by atoms with E-state index < -0.39 is 0 Å². The molecule has 0 aliphatic carbocycles. The molecule has 0 aliphatic rings. The van der Waals surface area contributed by atoms with Gasteiger partial charge in [0.25, 0.3) is 0 Å². The Kier molecular flexibility index (Phi) is 4.66. The summed E-state index contributed by atoms with van der Waals surface area (Å²) in [5, 5.41) is 3.58. The van der Waals surface area contributed by atoms with Gasteiger partial charge in [0, 0.05) is 17.4 Å². The second-order valence-corrected chi connectivity index (χ2v) is 4.58. The molecule has 0 saturated carbocycles. The van der Waals surface area contributed by atoms with Crippen LogP contribution in [0, 0.1) is 12.8 Å². The molecule has 0 aliphatic heterocycles. The fourth-order valence-electron chi connectivity index (χ4n) is 2.21. The van der Waals surface area contributed by atoms with Crippen LogP contribution in [0.3, 0.4) is 0 Å². The Hall–Kier alpha value is -1.18. The van der Waals surface area contributed by atoms with Crippen molar-refractivity contribution in [2.75, 3.05) is 11.1 Å². The molecule has 0 radical (unpaired) electrons. The Morgan fingerprint density at radius 3 is 2.38 bits per heavy atom. The summed E-state index contributed by atoms with van der Waals surface area (Å²) >= 11 is 0. The fourth-order valence-corrected chi connectivity index (χ4v) is 2.21. The Bertz CT molecular complexity index is 330. The first-order valence-corrected chi connectivity index (χ1v) is 6.21. The van der Waals surface area contributed by atoms with E-state index in [1.165, 1.54) is 24.1 Å². The molecule has 1 unspecified atom stereocenters. The van der Waals surface area contributed by atoms with E-state index in [1.54, 1.807) is 0 Å². The Labute approximate surface area is 99.2 Å². The Morgan fingerprint density at radius 1 is 1.25 bits per heavy atom. The number of hydrogen-bond acceptors (Lipinski definition) is 2. The van der Waals surface area contributed by atoms with E-state index in [4.69, 9.17) is 5.73 Å². The minimum absolute atomic E-state index is 0.511. The van der Waals surface area contributed by atoms with Crippen LogP contribution in [0.1, 0.15) is 39.2 Å². The van der Waals surface area contributed by atoms with Crippen LogP contribution in [0.5, 0.6) is 0 Å². The molecular formula is C14H24N2. The van der Waals surface area contributed by atoms with Gasteiger partial charge in [-0.15, -0.1) is 0 Å². The van der Waals surface area contributed by atoms with E-state index in [0.29, 0.717) is 6.04 Å². The van der Waals surface area contributed by atoms with Gasteiger partial charge < -0.3 is 11.1 Å². The van der Waals surface area contributed by atoms with Gasteiger partial charge in [-0.05, 0) is 43.5 Å². The average molecular weight is 220 g/mol. The molecule has 2 nitrogen and oxygen atoms in total. The molecular weight excluding hydrogens is 196 g/mol. The lowest BCUT2D eigenvalue weighted by Gasteiger charge is -2.24. The average Bonchev–Trinajstić information content (AvgIpc) is 2.24. The highest BCUT2D eigenvalue weighted by Gasteiger charge is 2.13. The summed E-state index contributed by atoms with van der Waals surface area (Å²) in [6, 6.07) is 6.55. The SMILES string of the molecule is CCC(CC)C(C)Nc1ccc(N)cc1C. The smallest absolute Gasteiger partial charge is 0.0373 e. The molecule has 1 rings (SSSR count). The van der Waals surface area contributed by atoms with Crippen LogP contribution in [-0.4, -0.2) is 6.04 Å². The first-order valence-electron chi connectivity index (χ1n) is 6.21. The molecule has 2 heteroatoms. The van der Waals surface area contributed by atoms with Crippen molar-refractivity contribution < 1.29 is 0 Å². The van der Waals surface area contributed by atoms with Gasteiger partial charge in [0.05, 0.1) is 0 Å². The molecule has 1 aromatic carbocycles. The third-order valence-corrected chi connectivity index (χ3v) is 3.39. The highest BCUT2D eigenvalue weighted by molar-refractivity contribution is 5.57. The van der Waals surface area contributed by atoms with Crippen molar-refractivity contribution in [3.05, 3.63) is 23.8 Å². The molecule has 0 fully saturated rings. The lowest BCUT2D eigenvalue weighted by Crippen LogP contribution is -2.25. The molecule has 0 heterocycles. The van der Waals surface area contributed by atoms with Crippen LogP contribution in [-0.2, 0) is 0 Å². The van der Waals surface area contributed by atoms with Gasteiger partial charge in [-0.2, -0.15) is 0 Å². The van der Waals surface area contributed by atoms with Gasteiger partial charge in [0.2, 0.25) is 0 Å². The van der Waals surface area contributed by atoms with Crippen LogP contribution in [0.4, 0.5) is 11.4 Å². The zero-order chi connectivity index (χ0) is 12.1. The summed E-state index contributed by atoms with van der Waals surface area (Å²) in [5.74, 6) is 0.733. The predicted octanol–water partition coefficient (Wildman–Crippen LogP) is 3.81. The summed E-state index contributed by atoms with van der Waals surface area (Å²) in [7, 11) is 0. The van der Waals surface area contributed by atoms with Crippen molar-refractivity contribution in [3.63, 3.8) is 0 Å². The molecule has 3 N–H and O–H groups in total. The maximum Gasteiger partial charge on any atom is 0.0373 e. The van der Waals surface area contributed by atoms with Gasteiger partial charge in [-0.25, -0.2) is 0 Å². The number of aryl methyl sites for hydroxylation is 1. The van der Waals surface area contributed by atoms with E-state index in [2.05, 4.69) is 39.1 Å². The lowest BCUT2D eigenvalue weighted by atomic mass is 9.95. The predicted molar refractivity (Wildman–Crippen MR) is 72.7 cm³/mol. The van der Waals surface area contributed by atoms with Crippen LogP contribution in [0.2, 0.25) is 0 Å². The van der Waals surface area contributed by atoms with Gasteiger partial charge in [0.1, 0.15) is 0 Å². The molecule has 16 heavy (non-hydrogen) atoms. The summed E-state index contributed by atoms with van der Waals surface area (Å²) in [6.07, 6.45) is 2.44. The van der Waals surface area contributed by atoms with Crippen molar-refractivity contribution in [2.45, 2.75) is 46.6 Å². The van der Waals surface area contributed by atoms with E-state index in [0.717, 1.165) is 11.6 Å². The third-order valence-electron chi connectivity index (χ3n) is 3.39. The molecule has 0 amide bonds. The standard InChI is InChI=1S/C14H24N2/c1-5-12(6-2)11(4)16-14-8-7-13(15)9-10(14)3/h7-9,11-12,16H,5-6,15H2,1-4H3. The molecule has 1 aromatic rings. The Balaban J connectivity index is 2.72. The fraction of sp³-hybridized carbons (Fsp3) is 0.571. The summed E-state index contributed by atoms with van der Waals surface area (Å²) < 4.78 is 0. The number of anilines is 2. The summed E-state index contributed by atoms with van der Waals surface area (Å²) in [5.41, 5.74) is 9.00. The van der Waals surface area contributed by atoms with Gasteiger partial charge in [-0.1, -0.05) is 26.7 Å². The maximum absolute atomic E-state index is 5.74. The summed E-state index contributed by atoms with van der Waals surface area (Å²) in [6.45, 7) is 8.86. The molecule has 0 saturated heterocycles. The second-order valence-electron chi connectivity index (χ2n) is 4.58.